The van der Waals surface area contributed by atoms with E-state index in [0.717, 1.165) is 37.5 Å². The van der Waals surface area contributed by atoms with Gasteiger partial charge >= 0.3 is 6.03 Å². The van der Waals surface area contributed by atoms with Crippen LogP contribution in [0.1, 0.15) is 26.2 Å². The highest BCUT2D eigenvalue weighted by molar-refractivity contribution is 5.89. The van der Waals surface area contributed by atoms with Crippen molar-refractivity contribution in [3.05, 3.63) is 29.8 Å². The van der Waals surface area contributed by atoms with Crippen LogP contribution in [0.5, 0.6) is 0 Å². The van der Waals surface area contributed by atoms with E-state index in [0.29, 0.717) is 13.1 Å². The van der Waals surface area contributed by atoms with Crippen molar-refractivity contribution in [1.82, 2.24) is 4.90 Å². The molecule has 116 valence electrons. The van der Waals surface area contributed by atoms with E-state index >= 15 is 0 Å². The number of nitrogens with zero attached hydrogens (tertiary/aromatic N) is 1. The summed E-state index contributed by atoms with van der Waals surface area (Å²) < 4.78 is 26.2. The van der Waals surface area contributed by atoms with Gasteiger partial charge in [-0.2, -0.15) is 0 Å². The monoisotopic (exact) mass is 298 g/mol. The Morgan fingerprint density at radius 3 is 2.33 bits per heavy atom. The largest absolute Gasteiger partial charge is 0.396 e. The van der Waals surface area contributed by atoms with Crippen molar-refractivity contribution in [2.24, 2.45) is 5.41 Å². The number of carbonyl (C=O) groups excluding carboxylic acids is 1. The third-order valence-corrected chi connectivity index (χ3v) is 4.31. The molecular formula is C15H20F2N2O2. The first-order valence-electron chi connectivity index (χ1n) is 7.11. The SMILES string of the molecule is CCC1(CO)CCN(C(=O)Nc2cc(F)cc(F)c2)CC1. The van der Waals surface area contributed by atoms with Crippen molar-refractivity contribution < 1.29 is 18.7 Å². The van der Waals surface area contributed by atoms with Crippen molar-refractivity contribution in [3.8, 4) is 0 Å². The Bertz CT molecular complexity index is 488. The molecule has 1 aliphatic rings. The number of hydrogen-bond donors (Lipinski definition) is 2. The second-order valence-electron chi connectivity index (χ2n) is 5.59. The Morgan fingerprint density at radius 2 is 1.86 bits per heavy atom. The number of aliphatic hydroxyl groups excluding tert-OH is 1. The summed E-state index contributed by atoms with van der Waals surface area (Å²) in [7, 11) is 0. The maximum Gasteiger partial charge on any atom is 0.321 e. The van der Waals surface area contributed by atoms with Gasteiger partial charge in [0.25, 0.3) is 0 Å². The fourth-order valence-electron chi connectivity index (χ4n) is 2.64. The molecule has 4 nitrogen and oxygen atoms in total. The average molecular weight is 298 g/mol. The van der Waals surface area contributed by atoms with Crippen LogP contribution in [0.25, 0.3) is 0 Å². The second-order valence-corrected chi connectivity index (χ2v) is 5.59. The molecule has 0 aliphatic carbocycles. The van der Waals surface area contributed by atoms with Gasteiger partial charge in [-0.25, -0.2) is 13.6 Å². The van der Waals surface area contributed by atoms with Crippen LogP contribution in [0.3, 0.4) is 0 Å². The molecule has 0 saturated carbocycles. The predicted octanol–water partition coefficient (Wildman–Crippen LogP) is 2.98. The lowest BCUT2D eigenvalue weighted by Crippen LogP contribution is -2.46. The molecule has 1 aromatic carbocycles. The molecule has 0 aromatic heterocycles. The van der Waals surface area contributed by atoms with Gasteiger partial charge in [-0.15, -0.1) is 0 Å². The fraction of sp³-hybridized carbons (Fsp3) is 0.533. The van der Waals surface area contributed by atoms with E-state index in [-0.39, 0.29) is 23.7 Å². The van der Waals surface area contributed by atoms with Crippen molar-refractivity contribution in [1.29, 1.82) is 0 Å². The lowest BCUT2D eigenvalue weighted by Gasteiger charge is -2.40. The predicted molar refractivity (Wildman–Crippen MR) is 76.0 cm³/mol. The molecule has 0 atom stereocenters. The first kappa shape index (κ1) is 15.7. The Kier molecular flexibility index (Phi) is 4.77. The van der Waals surface area contributed by atoms with Crippen LogP contribution in [-0.2, 0) is 0 Å². The van der Waals surface area contributed by atoms with Crippen molar-refractivity contribution in [2.45, 2.75) is 26.2 Å². The minimum absolute atomic E-state index is 0.104. The van der Waals surface area contributed by atoms with Crippen LogP contribution in [0.2, 0.25) is 0 Å². The number of amides is 2. The number of benzene rings is 1. The van der Waals surface area contributed by atoms with E-state index in [1.165, 1.54) is 0 Å². The first-order chi connectivity index (χ1) is 9.98. The number of anilines is 1. The molecule has 0 radical (unpaired) electrons. The topological polar surface area (TPSA) is 52.6 Å². The van der Waals surface area contributed by atoms with Gasteiger partial charge < -0.3 is 15.3 Å². The molecule has 2 rings (SSSR count). The molecule has 1 saturated heterocycles. The molecule has 1 fully saturated rings. The molecule has 0 unspecified atom stereocenters. The van der Waals surface area contributed by atoms with E-state index in [1.807, 2.05) is 6.92 Å². The van der Waals surface area contributed by atoms with Gasteiger partial charge in [-0.05, 0) is 36.8 Å². The van der Waals surface area contributed by atoms with Crippen molar-refractivity contribution >= 4 is 11.7 Å². The number of piperidine rings is 1. The molecule has 2 amide bonds. The standard InChI is InChI=1S/C15H20F2N2O2/c1-2-15(10-20)3-5-19(6-4-15)14(21)18-13-8-11(16)7-12(17)9-13/h7-9,20H,2-6,10H2,1H3,(H,18,21). The number of aliphatic hydroxyl groups is 1. The molecular weight excluding hydrogens is 278 g/mol. The minimum atomic E-state index is -0.728. The van der Waals surface area contributed by atoms with Gasteiger partial charge in [0.1, 0.15) is 11.6 Å². The summed E-state index contributed by atoms with van der Waals surface area (Å²) in [6.45, 7) is 3.20. The molecule has 1 aromatic rings. The van der Waals surface area contributed by atoms with Gasteiger partial charge in [0.15, 0.2) is 0 Å². The number of halogens is 2. The summed E-state index contributed by atoms with van der Waals surface area (Å²) in [5, 5.41) is 12.0. The highest BCUT2D eigenvalue weighted by atomic mass is 19.1. The number of hydrogen-bond acceptors (Lipinski definition) is 2. The number of urea groups is 1. The lowest BCUT2D eigenvalue weighted by molar-refractivity contribution is 0.0542. The molecule has 0 bridgehead atoms. The van der Waals surface area contributed by atoms with Gasteiger partial charge in [-0.1, -0.05) is 6.92 Å². The summed E-state index contributed by atoms with van der Waals surface area (Å²) in [6, 6.07) is 2.54. The minimum Gasteiger partial charge on any atom is -0.396 e. The van der Waals surface area contributed by atoms with Crippen LogP contribution in [0.4, 0.5) is 19.3 Å². The normalized spacial score (nSPS) is 17.6. The maximum atomic E-state index is 13.1. The quantitative estimate of drug-likeness (QED) is 0.901. The summed E-state index contributed by atoms with van der Waals surface area (Å²) in [5.41, 5.74) is -0.00569. The Morgan fingerprint density at radius 1 is 1.29 bits per heavy atom. The fourth-order valence-corrected chi connectivity index (χ4v) is 2.64. The summed E-state index contributed by atoms with van der Waals surface area (Å²) in [6.07, 6.45) is 2.32. The zero-order valence-electron chi connectivity index (χ0n) is 12.0. The third-order valence-electron chi connectivity index (χ3n) is 4.31. The van der Waals surface area contributed by atoms with Gasteiger partial charge in [0, 0.05) is 31.5 Å². The highest BCUT2D eigenvalue weighted by Crippen LogP contribution is 2.34. The Labute approximate surface area is 122 Å². The number of carbonyl (C=O) groups is 1. The Hall–Kier alpha value is -1.69. The lowest BCUT2D eigenvalue weighted by atomic mass is 9.77. The van der Waals surface area contributed by atoms with Crippen molar-refractivity contribution in [3.63, 3.8) is 0 Å². The molecule has 0 spiro atoms. The summed E-state index contributed by atoms with van der Waals surface area (Å²) in [4.78, 5) is 13.7. The maximum absolute atomic E-state index is 13.1. The molecule has 2 N–H and O–H groups in total. The Balaban J connectivity index is 1.96. The average Bonchev–Trinajstić information content (AvgIpc) is 2.46. The van der Waals surface area contributed by atoms with E-state index in [1.54, 1.807) is 4.90 Å². The third kappa shape index (κ3) is 3.69. The number of nitrogens with one attached hydrogen (secondary N) is 1. The number of likely N-dealkylation sites (tertiary alicyclic amines) is 1. The molecule has 1 aliphatic heterocycles. The number of rotatable bonds is 3. The van der Waals surface area contributed by atoms with Crippen molar-refractivity contribution in [2.75, 3.05) is 25.0 Å². The van der Waals surface area contributed by atoms with E-state index in [9.17, 15) is 18.7 Å². The molecule has 21 heavy (non-hydrogen) atoms. The van der Waals surface area contributed by atoms with E-state index in [2.05, 4.69) is 5.32 Å². The highest BCUT2D eigenvalue weighted by Gasteiger charge is 2.33. The zero-order valence-corrected chi connectivity index (χ0v) is 12.0. The summed E-state index contributed by atoms with van der Waals surface area (Å²) >= 11 is 0. The van der Waals surface area contributed by atoms with E-state index < -0.39 is 11.6 Å². The first-order valence-corrected chi connectivity index (χ1v) is 7.11. The zero-order chi connectivity index (χ0) is 15.5. The second kappa shape index (κ2) is 6.39. The smallest absolute Gasteiger partial charge is 0.321 e. The van der Waals surface area contributed by atoms with Gasteiger partial charge in [0.2, 0.25) is 0 Å². The summed E-state index contributed by atoms with van der Waals surface area (Å²) in [5.74, 6) is -1.46. The van der Waals surface area contributed by atoms with Crippen LogP contribution >= 0.6 is 0 Å². The molecule has 6 heteroatoms. The van der Waals surface area contributed by atoms with Gasteiger partial charge in [0.05, 0.1) is 0 Å². The van der Waals surface area contributed by atoms with Crippen LogP contribution in [-0.4, -0.2) is 35.7 Å². The van der Waals surface area contributed by atoms with E-state index in [4.69, 9.17) is 0 Å². The molecule has 1 heterocycles. The van der Waals surface area contributed by atoms with Crippen LogP contribution in [0.15, 0.2) is 18.2 Å². The van der Waals surface area contributed by atoms with Crippen LogP contribution < -0.4 is 5.32 Å². The van der Waals surface area contributed by atoms with Gasteiger partial charge in [-0.3, -0.25) is 0 Å². The van der Waals surface area contributed by atoms with Crippen LogP contribution in [0, 0.1) is 17.0 Å².